The second-order valence-corrected chi connectivity index (χ2v) is 4.79. The number of nitrogens with one attached hydrogen (secondary N) is 1. The van der Waals surface area contributed by atoms with E-state index in [2.05, 4.69) is 10.3 Å². The molecule has 3 N–H and O–H groups in total. The first-order chi connectivity index (χ1) is 8.70. The smallest absolute Gasteiger partial charge is 0.234 e. The molecule has 1 aliphatic rings. The van der Waals surface area contributed by atoms with Gasteiger partial charge in [0.15, 0.2) is 0 Å². The van der Waals surface area contributed by atoms with Gasteiger partial charge in [-0.05, 0) is 31.5 Å². The Labute approximate surface area is 107 Å². The zero-order chi connectivity index (χ0) is 13.0. The van der Waals surface area contributed by atoms with Crippen LogP contribution in [0.5, 0.6) is 0 Å². The summed E-state index contributed by atoms with van der Waals surface area (Å²) in [6.45, 7) is 0.839. The molecule has 1 aromatic heterocycles. The summed E-state index contributed by atoms with van der Waals surface area (Å²) in [5, 5.41) is 2.98. The Kier molecular flexibility index (Phi) is 4.28. The van der Waals surface area contributed by atoms with Crippen molar-refractivity contribution in [2.75, 3.05) is 20.1 Å². The molecule has 1 aromatic rings. The topological polar surface area (TPSA) is 71.2 Å². The highest BCUT2D eigenvalue weighted by molar-refractivity contribution is 5.78. The van der Waals surface area contributed by atoms with Gasteiger partial charge in [-0.1, -0.05) is 6.07 Å². The number of likely N-dealkylation sites (N-methyl/N-ethyl adjacent to an activating group) is 1. The standard InChI is InChI=1S/C13H20N4O/c1-17(9-13(18)16-11-4-5-11)12(7-14)10-3-2-6-15-8-10/h2-3,6,8,11-12H,4-5,7,9,14H2,1H3,(H,16,18). The van der Waals surface area contributed by atoms with E-state index in [1.165, 1.54) is 0 Å². The second kappa shape index (κ2) is 5.93. The summed E-state index contributed by atoms with van der Waals surface area (Å²) in [6, 6.07) is 4.31. The summed E-state index contributed by atoms with van der Waals surface area (Å²) in [5.41, 5.74) is 6.84. The van der Waals surface area contributed by atoms with Crippen molar-refractivity contribution in [1.29, 1.82) is 0 Å². The number of carbonyl (C=O) groups excluding carboxylic acids is 1. The monoisotopic (exact) mass is 248 g/mol. The molecule has 1 unspecified atom stereocenters. The molecule has 0 radical (unpaired) electrons. The lowest BCUT2D eigenvalue weighted by molar-refractivity contribution is -0.122. The predicted octanol–water partition coefficient (Wildman–Crippen LogP) is 0.292. The Morgan fingerprint density at radius 1 is 1.67 bits per heavy atom. The predicted molar refractivity (Wildman–Crippen MR) is 69.8 cm³/mol. The maximum atomic E-state index is 11.7. The summed E-state index contributed by atoms with van der Waals surface area (Å²) >= 11 is 0. The molecule has 1 atom stereocenters. The number of hydrogen-bond acceptors (Lipinski definition) is 4. The summed E-state index contributed by atoms with van der Waals surface area (Å²) in [6.07, 6.45) is 5.75. The molecule has 2 rings (SSSR count). The zero-order valence-electron chi connectivity index (χ0n) is 10.7. The van der Waals surface area contributed by atoms with Crippen LogP contribution in [0.2, 0.25) is 0 Å². The number of nitrogens with zero attached hydrogens (tertiary/aromatic N) is 2. The molecule has 0 aromatic carbocycles. The SMILES string of the molecule is CN(CC(=O)NC1CC1)C(CN)c1cccnc1. The molecule has 1 aliphatic carbocycles. The number of carbonyl (C=O) groups is 1. The Bertz CT molecular complexity index is 391. The van der Waals surface area contributed by atoms with Crippen molar-refractivity contribution in [3.8, 4) is 0 Å². The average Bonchev–Trinajstić information content (AvgIpc) is 3.15. The molecule has 18 heavy (non-hydrogen) atoms. The van der Waals surface area contributed by atoms with Crippen molar-refractivity contribution in [3.05, 3.63) is 30.1 Å². The van der Waals surface area contributed by atoms with E-state index in [-0.39, 0.29) is 11.9 Å². The largest absolute Gasteiger partial charge is 0.352 e. The van der Waals surface area contributed by atoms with Crippen molar-refractivity contribution >= 4 is 5.91 Å². The van der Waals surface area contributed by atoms with Gasteiger partial charge in [0.25, 0.3) is 0 Å². The fourth-order valence-corrected chi connectivity index (χ4v) is 1.98. The third kappa shape index (κ3) is 3.51. The summed E-state index contributed by atoms with van der Waals surface area (Å²) in [7, 11) is 1.91. The normalized spacial score (nSPS) is 16.6. The summed E-state index contributed by atoms with van der Waals surface area (Å²) in [5.74, 6) is 0.0716. The molecule has 5 nitrogen and oxygen atoms in total. The number of rotatable bonds is 6. The minimum atomic E-state index is 0.0312. The Balaban J connectivity index is 1.92. The van der Waals surface area contributed by atoms with E-state index in [0.717, 1.165) is 18.4 Å². The van der Waals surface area contributed by atoms with Gasteiger partial charge in [0.1, 0.15) is 0 Å². The summed E-state index contributed by atoms with van der Waals surface area (Å²) in [4.78, 5) is 17.8. The van der Waals surface area contributed by atoms with E-state index in [1.807, 2.05) is 24.1 Å². The third-order valence-electron chi connectivity index (χ3n) is 3.16. The van der Waals surface area contributed by atoms with Crippen molar-refractivity contribution in [2.24, 2.45) is 5.73 Å². The number of aromatic nitrogens is 1. The van der Waals surface area contributed by atoms with Crippen LogP contribution in [0.1, 0.15) is 24.4 Å². The molecule has 5 heteroatoms. The van der Waals surface area contributed by atoms with Crippen LogP contribution in [0.3, 0.4) is 0 Å². The van der Waals surface area contributed by atoms with Crippen LogP contribution in [0.15, 0.2) is 24.5 Å². The highest BCUT2D eigenvalue weighted by Gasteiger charge is 2.25. The first-order valence-electron chi connectivity index (χ1n) is 6.30. The van der Waals surface area contributed by atoms with Gasteiger partial charge in [-0.3, -0.25) is 14.7 Å². The minimum absolute atomic E-state index is 0.0312. The number of amides is 1. The minimum Gasteiger partial charge on any atom is -0.352 e. The molecule has 1 heterocycles. The average molecular weight is 248 g/mol. The maximum Gasteiger partial charge on any atom is 0.234 e. The van der Waals surface area contributed by atoms with Crippen LogP contribution in [0.4, 0.5) is 0 Å². The number of nitrogens with two attached hydrogens (primary N) is 1. The number of hydrogen-bond donors (Lipinski definition) is 2. The molecule has 0 spiro atoms. The zero-order valence-corrected chi connectivity index (χ0v) is 10.7. The highest BCUT2D eigenvalue weighted by atomic mass is 16.2. The molecule has 98 valence electrons. The molecule has 1 amide bonds. The second-order valence-electron chi connectivity index (χ2n) is 4.79. The quantitative estimate of drug-likeness (QED) is 0.759. The molecule has 0 saturated heterocycles. The molecule has 0 bridgehead atoms. The van der Waals surface area contributed by atoms with Gasteiger partial charge in [0, 0.05) is 31.0 Å². The highest BCUT2D eigenvalue weighted by Crippen LogP contribution is 2.19. The van der Waals surface area contributed by atoms with Crippen LogP contribution < -0.4 is 11.1 Å². The van der Waals surface area contributed by atoms with Crippen molar-refractivity contribution in [1.82, 2.24) is 15.2 Å². The fraction of sp³-hybridized carbons (Fsp3) is 0.538. The van der Waals surface area contributed by atoms with Gasteiger partial charge in [0.05, 0.1) is 6.54 Å². The van der Waals surface area contributed by atoms with E-state index in [0.29, 0.717) is 19.1 Å². The number of pyridine rings is 1. The lowest BCUT2D eigenvalue weighted by Gasteiger charge is -2.26. The van der Waals surface area contributed by atoms with E-state index in [1.54, 1.807) is 12.4 Å². The van der Waals surface area contributed by atoms with Crippen molar-refractivity contribution < 1.29 is 4.79 Å². The lowest BCUT2D eigenvalue weighted by atomic mass is 10.1. The van der Waals surface area contributed by atoms with Crippen LogP contribution >= 0.6 is 0 Å². The van der Waals surface area contributed by atoms with Gasteiger partial charge in [-0.2, -0.15) is 0 Å². The molecule has 1 fully saturated rings. The van der Waals surface area contributed by atoms with Crippen LogP contribution in [0, 0.1) is 0 Å². The first-order valence-corrected chi connectivity index (χ1v) is 6.30. The van der Waals surface area contributed by atoms with E-state index < -0.39 is 0 Å². The molecule has 1 saturated carbocycles. The van der Waals surface area contributed by atoms with Gasteiger partial charge >= 0.3 is 0 Å². The third-order valence-corrected chi connectivity index (χ3v) is 3.16. The van der Waals surface area contributed by atoms with Crippen molar-refractivity contribution in [2.45, 2.75) is 24.9 Å². The van der Waals surface area contributed by atoms with E-state index in [4.69, 9.17) is 5.73 Å². The first kappa shape index (κ1) is 13.0. The fourth-order valence-electron chi connectivity index (χ4n) is 1.98. The lowest BCUT2D eigenvalue weighted by Crippen LogP contribution is -2.40. The Morgan fingerprint density at radius 3 is 3.00 bits per heavy atom. The van der Waals surface area contributed by atoms with Crippen LogP contribution in [0.25, 0.3) is 0 Å². The van der Waals surface area contributed by atoms with Gasteiger partial charge in [0.2, 0.25) is 5.91 Å². The van der Waals surface area contributed by atoms with Crippen molar-refractivity contribution in [3.63, 3.8) is 0 Å². The van der Waals surface area contributed by atoms with Gasteiger partial charge in [-0.25, -0.2) is 0 Å². The molecular formula is C13H20N4O. The molecular weight excluding hydrogens is 228 g/mol. The Morgan fingerprint density at radius 2 is 2.44 bits per heavy atom. The van der Waals surface area contributed by atoms with Gasteiger partial charge in [-0.15, -0.1) is 0 Å². The molecule has 0 aliphatic heterocycles. The van der Waals surface area contributed by atoms with E-state index in [9.17, 15) is 4.79 Å². The van der Waals surface area contributed by atoms with Crippen LogP contribution in [-0.4, -0.2) is 42.0 Å². The van der Waals surface area contributed by atoms with E-state index >= 15 is 0 Å². The Hall–Kier alpha value is -1.46. The van der Waals surface area contributed by atoms with Gasteiger partial charge < -0.3 is 11.1 Å². The maximum absolute atomic E-state index is 11.7. The summed E-state index contributed by atoms with van der Waals surface area (Å²) < 4.78 is 0. The van der Waals surface area contributed by atoms with Crippen LogP contribution in [-0.2, 0) is 4.79 Å².